The largest absolute Gasteiger partial charge is 0.379 e. The van der Waals surface area contributed by atoms with Crippen LogP contribution in [0.3, 0.4) is 0 Å². The molecule has 1 fully saturated rings. The Morgan fingerprint density at radius 2 is 1.66 bits per heavy atom. The first kappa shape index (κ1) is 23.9. The Bertz CT molecular complexity index is 841. The number of para-hydroxylation sites is 1. The fraction of sp³-hybridized carbons (Fsp3) is 0.440. The number of primary amides is 1. The van der Waals surface area contributed by atoms with E-state index in [0.29, 0.717) is 6.54 Å². The second-order valence-corrected chi connectivity index (χ2v) is 8.25. The predicted molar refractivity (Wildman–Crippen MR) is 126 cm³/mol. The molecule has 1 atom stereocenters. The van der Waals surface area contributed by atoms with Gasteiger partial charge in [-0.3, -0.25) is 19.4 Å². The summed E-state index contributed by atoms with van der Waals surface area (Å²) in [6.45, 7) is 7.56. The van der Waals surface area contributed by atoms with E-state index in [1.165, 1.54) is 0 Å². The van der Waals surface area contributed by atoms with Gasteiger partial charge in [-0.25, -0.2) is 0 Å². The van der Waals surface area contributed by atoms with Gasteiger partial charge in [-0.15, -0.1) is 0 Å². The Kier molecular flexibility index (Phi) is 9.22. The lowest BCUT2D eigenvalue weighted by Gasteiger charge is -2.36. The summed E-state index contributed by atoms with van der Waals surface area (Å²) in [6.07, 6.45) is 0.128. The van der Waals surface area contributed by atoms with Crippen molar-refractivity contribution in [2.45, 2.75) is 25.9 Å². The van der Waals surface area contributed by atoms with Gasteiger partial charge in [0, 0.05) is 50.9 Å². The third-order valence-corrected chi connectivity index (χ3v) is 5.77. The van der Waals surface area contributed by atoms with Gasteiger partial charge in [0.15, 0.2) is 0 Å². The van der Waals surface area contributed by atoms with E-state index in [0.717, 1.165) is 44.1 Å². The standard InChI is InChI=1S/C25H34N4O3/c1-21(18-27-14-16-32-17-15-27)28(19-22-8-4-2-5-9-22)20-25(31)29(13-12-24(26)30)23-10-6-3-7-11-23/h2-11,21H,12-20H2,1H3,(H2,26,30). The number of hydrogen-bond donors (Lipinski definition) is 1. The second kappa shape index (κ2) is 12.3. The molecule has 0 aliphatic carbocycles. The van der Waals surface area contributed by atoms with E-state index in [1.807, 2.05) is 48.5 Å². The fourth-order valence-corrected chi connectivity index (χ4v) is 3.95. The molecule has 172 valence electrons. The van der Waals surface area contributed by atoms with Crippen LogP contribution in [0.15, 0.2) is 60.7 Å². The lowest BCUT2D eigenvalue weighted by Crippen LogP contribution is -2.49. The van der Waals surface area contributed by atoms with Crippen molar-refractivity contribution >= 4 is 17.5 Å². The summed E-state index contributed by atoms with van der Waals surface area (Å²) in [6, 6.07) is 19.8. The molecular weight excluding hydrogens is 404 g/mol. The van der Waals surface area contributed by atoms with Crippen molar-refractivity contribution in [2.24, 2.45) is 5.73 Å². The summed E-state index contributed by atoms with van der Waals surface area (Å²) in [7, 11) is 0. The molecule has 7 heteroatoms. The number of rotatable bonds is 11. The molecule has 0 aromatic heterocycles. The van der Waals surface area contributed by atoms with Crippen LogP contribution in [0.2, 0.25) is 0 Å². The third-order valence-electron chi connectivity index (χ3n) is 5.77. The van der Waals surface area contributed by atoms with E-state index in [4.69, 9.17) is 10.5 Å². The zero-order chi connectivity index (χ0) is 22.8. The SMILES string of the molecule is CC(CN1CCOCC1)N(CC(=O)N(CCC(N)=O)c1ccccc1)Cc1ccccc1. The van der Waals surface area contributed by atoms with Crippen LogP contribution in [0.4, 0.5) is 5.69 Å². The zero-order valence-electron chi connectivity index (χ0n) is 18.9. The van der Waals surface area contributed by atoms with E-state index in [-0.39, 0.29) is 31.5 Å². The van der Waals surface area contributed by atoms with E-state index in [9.17, 15) is 9.59 Å². The van der Waals surface area contributed by atoms with Crippen molar-refractivity contribution in [3.8, 4) is 0 Å². The topological polar surface area (TPSA) is 79.1 Å². The highest BCUT2D eigenvalue weighted by Gasteiger charge is 2.25. The van der Waals surface area contributed by atoms with Gasteiger partial charge in [0.2, 0.25) is 11.8 Å². The first-order valence-electron chi connectivity index (χ1n) is 11.2. The minimum Gasteiger partial charge on any atom is -0.379 e. The first-order valence-corrected chi connectivity index (χ1v) is 11.2. The van der Waals surface area contributed by atoms with Gasteiger partial charge in [-0.05, 0) is 24.6 Å². The van der Waals surface area contributed by atoms with Crippen LogP contribution in [0.25, 0.3) is 0 Å². The van der Waals surface area contributed by atoms with Gasteiger partial charge < -0.3 is 15.4 Å². The van der Waals surface area contributed by atoms with Crippen LogP contribution in [-0.2, 0) is 20.9 Å². The zero-order valence-corrected chi connectivity index (χ0v) is 18.9. The summed E-state index contributed by atoms with van der Waals surface area (Å²) in [5.41, 5.74) is 7.31. The summed E-state index contributed by atoms with van der Waals surface area (Å²) in [4.78, 5) is 31.1. The lowest BCUT2D eigenvalue weighted by molar-refractivity contribution is -0.120. The molecular formula is C25H34N4O3. The van der Waals surface area contributed by atoms with Crippen molar-refractivity contribution in [1.82, 2.24) is 9.80 Å². The van der Waals surface area contributed by atoms with Crippen molar-refractivity contribution in [3.05, 3.63) is 66.2 Å². The van der Waals surface area contributed by atoms with Crippen LogP contribution >= 0.6 is 0 Å². The first-order chi connectivity index (χ1) is 15.5. The third kappa shape index (κ3) is 7.44. The molecule has 2 aromatic rings. The molecule has 1 heterocycles. The fourth-order valence-electron chi connectivity index (χ4n) is 3.95. The predicted octanol–water partition coefficient (Wildman–Crippen LogP) is 2.12. The highest BCUT2D eigenvalue weighted by Crippen LogP contribution is 2.17. The molecule has 0 spiro atoms. The van der Waals surface area contributed by atoms with Gasteiger partial charge in [-0.1, -0.05) is 48.5 Å². The quantitative estimate of drug-likeness (QED) is 0.581. The monoisotopic (exact) mass is 438 g/mol. The van der Waals surface area contributed by atoms with Gasteiger partial charge in [-0.2, -0.15) is 0 Å². The van der Waals surface area contributed by atoms with E-state index in [1.54, 1.807) is 4.90 Å². The maximum absolute atomic E-state index is 13.5. The molecule has 7 nitrogen and oxygen atoms in total. The van der Waals surface area contributed by atoms with Crippen LogP contribution < -0.4 is 10.6 Å². The van der Waals surface area contributed by atoms with Crippen LogP contribution in [0, 0.1) is 0 Å². The number of ether oxygens (including phenoxy) is 1. The molecule has 3 rings (SSSR count). The summed E-state index contributed by atoms with van der Waals surface area (Å²) < 4.78 is 5.47. The molecule has 0 bridgehead atoms. The van der Waals surface area contributed by atoms with Gasteiger partial charge in [0.25, 0.3) is 0 Å². The molecule has 0 saturated carbocycles. The normalized spacial score (nSPS) is 15.4. The van der Waals surface area contributed by atoms with Crippen LogP contribution in [0.5, 0.6) is 0 Å². The summed E-state index contributed by atoms with van der Waals surface area (Å²) in [5.74, 6) is -0.456. The average molecular weight is 439 g/mol. The number of morpholine rings is 1. The minimum atomic E-state index is -0.416. The molecule has 1 aliphatic heterocycles. The highest BCUT2D eigenvalue weighted by molar-refractivity contribution is 5.95. The maximum atomic E-state index is 13.5. The molecule has 1 unspecified atom stereocenters. The number of benzene rings is 2. The summed E-state index contributed by atoms with van der Waals surface area (Å²) in [5, 5.41) is 0. The highest BCUT2D eigenvalue weighted by atomic mass is 16.5. The molecule has 1 saturated heterocycles. The Labute approximate surface area is 190 Å². The number of carbonyl (C=O) groups is 2. The lowest BCUT2D eigenvalue weighted by atomic mass is 10.1. The molecule has 32 heavy (non-hydrogen) atoms. The number of nitrogens with two attached hydrogens (primary N) is 1. The van der Waals surface area contributed by atoms with Crippen LogP contribution in [0.1, 0.15) is 18.9 Å². The number of amides is 2. The Balaban J connectivity index is 1.75. The number of nitrogens with zero attached hydrogens (tertiary/aromatic N) is 3. The van der Waals surface area contributed by atoms with E-state index < -0.39 is 5.91 Å². The molecule has 1 aliphatic rings. The van der Waals surface area contributed by atoms with Gasteiger partial charge in [0.05, 0.1) is 19.8 Å². The smallest absolute Gasteiger partial charge is 0.241 e. The molecule has 2 amide bonds. The van der Waals surface area contributed by atoms with E-state index in [2.05, 4.69) is 28.9 Å². The number of carbonyl (C=O) groups excluding carboxylic acids is 2. The maximum Gasteiger partial charge on any atom is 0.241 e. The summed E-state index contributed by atoms with van der Waals surface area (Å²) >= 11 is 0. The second-order valence-electron chi connectivity index (χ2n) is 8.25. The van der Waals surface area contributed by atoms with Crippen molar-refractivity contribution in [1.29, 1.82) is 0 Å². The van der Waals surface area contributed by atoms with Crippen LogP contribution in [-0.4, -0.2) is 73.6 Å². The Morgan fingerprint density at radius 3 is 2.28 bits per heavy atom. The average Bonchev–Trinajstić information content (AvgIpc) is 2.80. The number of anilines is 1. The molecule has 2 N–H and O–H groups in total. The molecule has 2 aromatic carbocycles. The Hall–Kier alpha value is -2.74. The Morgan fingerprint density at radius 1 is 1.03 bits per heavy atom. The molecule has 0 radical (unpaired) electrons. The van der Waals surface area contributed by atoms with Gasteiger partial charge in [0.1, 0.15) is 0 Å². The van der Waals surface area contributed by atoms with E-state index >= 15 is 0 Å². The number of hydrogen-bond acceptors (Lipinski definition) is 5. The minimum absolute atomic E-state index is 0.0396. The van der Waals surface area contributed by atoms with Gasteiger partial charge >= 0.3 is 0 Å². The van der Waals surface area contributed by atoms with Crippen molar-refractivity contribution in [2.75, 3.05) is 50.8 Å². The van der Waals surface area contributed by atoms with Crippen molar-refractivity contribution < 1.29 is 14.3 Å². The van der Waals surface area contributed by atoms with Crippen molar-refractivity contribution in [3.63, 3.8) is 0 Å².